The standard InChI is InChI=1S/C12H17N3S2/c1-7-5-8(2)14-12(10(7)11(13)16)15-9-3-4-17-6-9/h5,9H,3-4,6H2,1-2H3,(H2,13,16)(H,14,15). The average molecular weight is 267 g/mol. The van der Waals surface area contributed by atoms with Gasteiger partial charge in [0.15, 0.2) is 0 Å². The summed E-state index contributed by atoms with van der Waals surface area (Å²) in [5, 5.41) is 3.47. The number of nitrogens with zero attached hydrogens (tertiary/aromatic N) is 1. The summed E-state index contributed by atoms with van der Waals surface area (Å²) < 4.78 is 0. The Balaban J connectivity index is 2.32. The molecular weight excluding hydrogens is 250 g/mol. The van der Waals surface area contributed by atoms with Gasteiger partial charge in [0.05, 0.1) is 5.56 Å². The number of thiocarbonyl (C=S) groups is 1. The monoisotopic (exact) mass is 267 g/mol. The van der Waals surface area contributed by atoms with E-state index in [1.807, 2.05) is 31.7 Å². The zero-order valence-electron chi connectivity index (χ0n) is 10.1. The lowest BCUT2D eigenvalue weighted by Gasteiger charge is -2.17. The summed E-state index contributed by atoms with van der Waals surface area (Å²) in [6.45, 7) is 4.02. The molecule has 17 heavy (non-hydrogen) atoms. The first-order valence-corrected chi connectivity index (χ1v) is 7.26. The van der Waals surface area contributed by atoms with Crippen LogP contribution in [0.1, 0.15) is 23.2 Å². The maximum atomic E-state index is 5.79. The van der Waals surface area contributed by atoms with Gasteiger partial charge in [0.2, 0.25) is 0 Å². The molecule has 1 fully saturated rings. The van der Waals surface area contributed by atoms with E-state index in [4.69, 9.17) is 18.0 Å². The van der Waals surface area contributed by atoms with Gasteiger partial charge in [-0.2, -0.15) is 11.8 Å². The molecule has 2 heterocycles. The van der Waals surface area contributed by atoms with Crippen LogP contribution < -0.4 is 11.1 Å². The van der Waals surface area contributed by atoms with E-state index in [-0.39, 0.29) is 0 Å². The van der Waals surface area contributed by atoms with Crippen molar-refractivity contribution in [1.82, 2.24) is 4.98 Å². The van der Waals surface area contributed by atoms with Crippen molar-refractivity contribution in [1.29, 1.82) is 0 Å². The van der Waals surface area contributed by atoms with E-state index in [1.54, 1.807) is 0 Å². The molecule has 0 saturated carbocycles. The summed E-state index contributed by atoms with van der Waals surface area (Å²) in [5.41, 5.74) is 8.77. The summed E-state index contributed by atoms with van der Waals surface area (Å²) in [7, 11) is 0. The molecule has 1 aliphatic heterocycles. The van der Waals surface area contributed by atoms with Crippen molar-refractivity contribution in [3.05, 3.63) is 22.9 Å². The average Bonchev–Trinajstić information content (AvgIpc) is 2.68. The minimum Gasteiger partial charge on any atom is -0.389 e. The first kappa shape index (κ1) is 12.6. The molecule has 92 valence electrons. The van der Waals surface area contributed by atoms with Gasteiger partial charge in [-0.05, 0) is 37.7 Å². The molecule has 1 unspecified atom stereocenters. The molecule has 1 saturated heterocycles. The molecule has 5 heteroatoms. The number of nitrogens with one attached hydrogen (secondary N) is 1. The van der Waals surface area contributed by atoms with Crippen LogP contribution in [0.15, 0.2) is 6.07 Å². The van der Waals surface area contributed by atoms with Gasteiger partial charge in [-0.15, -0.1) is 0 Å². The van der Waals surface area contributed by atoms with Gasteiger partial charge >= 0.3 is 0 Å². The predicted molar refractivity (Wildman–Crippen MR) is 79.0 cm³/mol. The van der Waals surface area contributed by atoms with E-state index in [9.17, 15) is 0 Å². The maximum absolute atomic E-state index is 5.79. The number of hydrogen-bond acceptors (Lipinski definition) is 4. The van der Waals surface area contributed by atoms with E-state index in [2.05, 4.69) is 10.3 Å². The Bertz CT molecular complexity index is 440. The lowest BCUT2D eigenvalue weighted by atomic mass is 10.1. The van der Waals surface area contributed by atoms with Crippen LogP contribution in [0.5, 0.6) is 0 Å². The fourth-order valence-corrected chi connectivity index (χ4v) is 3.50. The van der Waals surface area contributed by atoms with Crippen LogP contribution in [-0.2, 0) is 0 Å². The number of aromatic nitrogens is 1. The van der Waals surface area contributed by atoms with Crippen LogP contribution in [0.3, 0.4) is 0 Å². The summed E-state index contributed by atoms with van der Waals surface area (Å²) in [5.74, 6) is 3.19. The highest BCUT2D eigenvalue weighted by Crippen LogP contribution is 2.24. The molecule has 0 aromatic carbocycles. The van der Waals surface area contributed by atoms with E-state index < -0.39 is 0 Å². The second-order valence-corrected chi connectivity index (χ2v) is 5.96. The minimum atomic E-state index is 0.420. The quantitative estimate of drug-likeness (QED) is 0.823. The Morgan fingerprint density at radius 2 is 2.35 bits per heavy atom. The largest absolute Gasteiger partial charge is 0.389 e. The third-order valence-corrected chi connectivity index (χ3v) is 4.23. The van der Waals surface area contributed by atoms with Crippen LogP contribution in [-0.4, -0.2) is 27.5 Å². The highest BCUT2D eigenvalue weighted by molar-refractivity contribution is 7.99. The topological polar surface area (TPSA) is 50.9 Å². The molecule has 3 nitrogen and oxygen atoms in total. The van der Waals surface area contributed by atoms with E-state index in [0.29, 0.717) is 11.0 Å². The number of hydrogen-bond donors (Lipinski definition) is 2. The van der Waals surface area contributed by atoms with Crippen LogP contribution >= 0.6 is 24.0 Å². The first-order valence-electron chi connectivity index (χ1n) is 5.70. The molecule has 1 aromatic heterocycles. The van der Waals surface area contributed by atoms with Crippen LogP contribution in [0.4, 0.5) is 5.82 Å². The smallest absolute Gasteiger partial charge is 0.137 e. The lowest BCUT2D eigenvalue weighted by Crippen LogP contribution is -2.23. The van der Waals surface area contributed by atoms with Gasteiger partial charge in [0.1, 0.15) is 10.8 Å². The lowest BCUT2D eigenvalue weighted by molar-refractivity contribution is 0.805. The van der Waals surface area contributed by atoms with Crippen molar-refractivity contribution < 1.29 is 0 Å². The molecular formula is C12H17N3S2. The van der Waals surface area contributed by atoms with Crippen molar-refractivity contribution in [3.63, 3.8) is 0 Å². The second-order valence-electron chi connectivity index (χ2n) is 4.37. The zero-order valence-corrected chi connectivity index (χ0v) is 11.8. The number of rotatable bonds is 3. The predicted octanol–water partition coefficient (Wildman–Crippen LogP) is 2.25. The fraction of sp³-hybridized carbons (Fsp3) is 0.500. The minimum absolute atomic E-state index is 0.420. The van der Waals surface area contributed by atoms with Crippen molar-refractivity contribution in [3.8, 4) is 0 Å². The summed E-state index contributed by atoms with van der Waals surface area (Å²) in [4.78, 5) is 4.95. The Labute approximate surface area is 112 Å². The number of aryl methyl sites for hydroxylation is 2. The molecule has 2 rings (SSSR count). The van der Waals surface area contributed by atoms with Gasteiger partial charge in [-0.25, -0.2) is 4.98 Å². The number of pyridine rings is 1. The third-order valence-electron chi connectivity index (χ3n) is 2.86. The van der Waals surface area contributed by atoms with E-state index in [0.717, 1.165) is 28.4 Å². The van der Waals surface area contributed by atoms with Crippen molar-refractivity contribution in [2.24, 2.45) is 5.73 Å². The molecule has 1 aromatic rings. The SMILES string of the molecule is Cc1cc(C)c(C(N)=S)c(NC2CCSC2)n1. The van der Waals surface area contributed by atoms with Crippen LogP contribution in [0.25, 0.3) is 0 Å². The molecule has 3 N–H and O–H groups in total. The molecule has 0 radical (unpaired) electrons. The summed E-state index contributed by atoms with van der Waals surface area (Å²) in [6, 6.07) is 2.50. The maximum Gasteiger partial charge on any atom is 0.137 e. The second kappa shape index (κ2) is 5.23. The van der Waals surface area contributed by atoms with Crippen LogP contribution in [0, 0.1) is 13.8 Å². The number of anilines is 1. The first-order chi connectivity index (χ1) is 8.08. The van der Waals surface area contributed by atoms with Gasteiger partial charge in [-0.1, -0.05) is 12.2 Å². The third kappa shape index (κ3) is 2.90. The van der Waals surface area contributed by atoms with Gasteiger partial charge < -0.3 is 11.1 Å². The molecule has 0 bridgehead atoms. The highest BCUT2D eigenvalue weighted by atomic mass is 32.2. The normalized spacial score (nSPS) is 19.3. The Hall–Kier alpha value is -0.810. The van der Waals surface area contributed by atoms with Crippen molar-refractivity contribution in [2.45, 2.75) is 26.3 Å². The van der Waals surface area contributed by atoms with Gasteiger partial charge in [-0.3, -0.25) is 0 Å². The summed E-state index contributed by atoms with van der Waals surface area (Å²) in [6.07, 6.45) is 1.18. The molecule has 1 atom stereocenters. The zero-order chi connectivity index (χ0) is 12.4. The van der Waals surface area contributed by atoms with E-state index in [1.165, 1.54) is 12.2 Å². The Kier molecular flexibility index (Phi) is 3.89. The summed E-state index contributed by atoms with van der Waals surface area (Å²) >= 11 is 7.08. The molecule has 1 aliphatic rings. The number of thioether (sulfide) groups is 1. The van der Waals surface area contributed by atoms with Crippen LogP contribution in [0.2, 0.25) is 0 Å². The Morgan fingerprint density at radius 1 is 1.59 bits per heavy atom. The molecule has 0 aliphatic carbocycles. The fourth-order valence-electron chi connectivity index (χ4n) is 2.09. The molecule has 0 spiro atoms. The van der Waals surface area contributed by atoms with E-state index >= 15 is 0 Å². The number of nitrogens with two attached hydrogens (primary N) is 1. The van der Waals surface area contributed by atoms with Crippen molar-refractivity contribution in [2.75, 3.05) is 16.8 Å². The highest BCUT2D eigenvalue weighted by Gasteiger charge is 2.19. The molecule has 0 amide bonds. The van der Waals surface area contributed by atoms with Gasteiger partial charge in [0, 0.05) is 17.5 Å². The Morgan fingerprint density at radius 3 is 2.94 bits per heavy atom. The van der Waals surface area contributed by atoms with Gasteiger partial charge in [0.25, 0.3) is 0 Å². The van der Waals surface area contributed by atoms with Crippen molar-refractivity contribution >= 4 is 34.8 Å².